The largest absolute Gasteiger partial charge is 0.481 e. The molecule has 1 aromatic rings. The maximum Gasteiger partial charge on any atom is 0.303 e. The van der Waals surface area contributed by atoms with Crippen LogP contribution in [0.25, 0.3) is 0 Å². The standard InChI is InChI=1S/C13H13N3O3/c14-7-9-3-4-11-10(6-9)15-8-12(17)16(11)5-1-2-13(18)19/h3-4,6,15H,1-2,5,8H2,(H,18,19). The van der Waals surface area contributed by atoms with E-state index in [9.17, 15) is 9.59 Å². The average Bonchev–Trinajstić information content (AvgIpc) is 2.40. The molecule has 0 aromatic heterocycles. The van der Waals surface area contributed by atoms with Crippen LogP contribution >= 0.6 is 0 Å². The Morgan fingerprint density at radius 1 is 1.53 bits per heavy atom. The molecule has 1 aliphatic rings. The molecule has 19 heavy (non-hydrogen) atoms. The monoisotopic (exact) mass is 259 g/mol. The van der Waals surface area contributed by atoms with E-state index in [1.54, 1.807) is 23.1 Å². The van der Waals surface area contributed by atoms with Crippen LogP contribution in [0.2, 0.25) is 0 Å². The Hall–Kier alpha value is -2.55. The molecule has 0 fully saturated rings. The molecule has 0 spiro atoms. The Morgan fingerprint density at radius 3 is 3.00 bits per heavy atom. The summed E-state index contributed by atoms with van der Waals surface area (Å²) < 4.78 is 0. The predicted molar refractivity (Wildman–Crippen MR) is 68.9 cm³/mol. The summed E-state index contributed by atoms with van der Waals surface area (Å²) in [5, 5.41) is 20.4. The van der Waals surface area contributed by atoms with Crippen LogP contribution in [0, 0.1) is 11.3 Å². The number of nitriles is 1. The second-order valence-corrected chi connectivity index (χ2v) is 4.24. The Labute approximate surface area is 110 Å². The van der Waals surface area contributed by atoms with Crippen molar-refractivity contribution in [2.24, 2.45) is 0 Å². The number of rotatable bonds is 4. The van der Waals surface area contributed by atoms with Gasteiger partial charge in [0, 0.05) is 13.0 Å². The minimum absolute atomic E-state index is 0.0306. The molecule has 0 saturated heterocycles. The maximum atomic E-state index is 11.8. The van der Waals surface area contributed by atoms with Crippen LogP contribution < -0.4 is 10.2 Å². The molecule has 0 radical (unpaired) electrons. The van der Waals surface area contributed by atoms with Crippen LogP contribution in [-0.4, -0.2) is 30.1 Å². The van der Waals surface area contributed by atoms with Crippen molar-refractivity contribution in [1.29, 1.82) is 5.26 Å². The molecule has 1 aliphatic heterocycles. The van der Waals surface area contributed by atoms with Gasteiger partial charge in [0.05, 0.1) is 29.6 Å². The summed E-state index contributed by atoms with van der Waals surface area (Å²) >= 11 is 0. The molecule has 6 heteroatoms. The summed E-state index contributed by atoms with van der Waals surface area (Å²) in [4.78, 5) is 23.9. The Balaban J connectivity index is 2.18. The lowest BCUT2D eigenvalue weighted by atomic mass is 10.1. The van der Waals surface area contributed by atoms with E-state index >= 15 is 0 Å². The van der Waals surface area contributed by atoms with Gasteiger partial charge in [-0.1, -0.05) is 0 Å². The number of hydrogen-bond acceptors (Lipinski definition) is 4. The van der Waals surface area contributed by atoms with Gasteiger partial charge in [0.2, 0.25) is 5.91 Å². The number of carboxylic acids is 1. The predicted octanol–water partition coefficient (Wildman–Crippen LogP) is 1.18. The van der Waals surface area contributed by atoms with Crippen molar-refractivity contribution >= 4 is 23.3 Å². The molecule has 1 aromatic carbocycles. The van der Waals surface area contributed by atoms with Gasteiger partial charge in [-0.2, -0.15) is 5.26 Å². The van der Waals surface area contributed by atoms with Crippen molar-refractivity contribution in [1.82, 2.24) is 0 Å². The lowest BCUT2D eigenvalue weighted by Crippen LogP contribution is -2.40. The van der Waals surface area contributed by atoms with E-state index in [1.807, 2.05) is 6.07 Å². The molecule has 0 atom stereocenters. The molecule has 1 amide bonds. The number of anilines is 2. The highest BCUT2D eigenvalue weighted by Crippen LogP contribution is 2.30. The van der Waals surface area contributed by atoms with Gasteiger partial charge in [0.15, 0.2) is 0 Å². The second-order valence-electron chi connectivity index (χ2n) is 4.24. The topological polar surface area (TPSA) is 93.4 Å². The summed E-state index contributed by atoms with van der Waals surface area (Å²) in [6, 6.07) is 7.08. The minimum atomic E-state index is -0.873. The lowest BCUT2D eigenvalue weighted by molar-refractivity contribution is -0.137. The minimum Gasteiger partial charge on any atom is -0.481 e. The quantitative estimate of drug-likeness (QED) is 0.846. The van der Waals surface area contributed by atoms with Gasteiger partial charge < -0.3 is 15.3 Å². The summed E-state index contributed by atoms with van der Waals surface area (Å²) in [6.07, 6.45) is 0.434. The fraction of sp³-hybridized carbons (Fsp3) is 0.308. The molecule has 0 aliphatic carbocycles. The van der Waals surface area contributed by atoms with Crippen molar-refractivity contribution < 1.29 is 14.7 Å². The first-order valence-corrected chi connectivity index (χ1v) is 5.92. The second kappa shape index (κ2) is 5.40. The van der Waals surface area contributed by atoms with Gasteiger partial charge in [-0.25, -0.2) is 0 Å². The third-order valence-electron chi connectivity index (χ3n) is 2.92. The lowest BCUT2D eigenvalue weighted by Gasteiger charge is -2.30. The highest BCUT2D eigenvalue weighted by Gasteiger charge is 2.23. The van der Waals surface area contributed by atoms with E-state index in [-0.39, 0.29) is 18.9 Å². The normalized spacial score (nSPS) is 13.4. The van der Waals surface area contributed by atoms with E-state index < -0.39 is 5.97 Å². The Bertz CT molecular complexity index is 563. The van der Waals surface area contributed by atoms with Crippen LogP contribution in [-0.2, 0) is 9.59 Å². The number of amides is 1. The van der Waals surface area contributed by atoms with Crippen molar-refractivity contribution in [3.8, 4) is 6.07 Å². The van der Waals surface area contributed by atoms with Crippen molar-refractivity contribution in [3.05, 3.63) is 23.8 Å². The first-order chi connectivity index (χ1) is 9.11. The fourth-order valence-electron chi connectivity index (χ4n) is 2.02. The molecule has 2 rings (SSSR count). The molecule has 0 saturated carbocycles. The zero-order valence-corrected chi connectivity index (χ0v) is 10.2. The molecule has 0 bridgehead atoms. The zero-order valence-electron chi connectivity index (χ0n) is 10.2. The number of fused-ring (bicyclic) bond motifs is 1. The third-order valence-corrected chi connectivity index (χ3v) is 2.92. The van der Waals surface area contributed by atoms with Gasteiger partial charge in [-0.15, -0.1) is 0 Å². The summed E-state index contributed by atoms with van der Waals surface area (Å²) in [5.41, 5.74) is 1.95. The molecule has 0 unspecified atom stereocenters. The van der Waals surface area contributed by atoms with Crippen molar-refractivity contribution in [2.45, 2.75) is 12.8 Å². The molecule has 1 heterocycles. The number of aliphatic carboxylic acids is 1. The smallest absolute Gasteiger partial charge is 0.303 e. The molecule has 6 nitrogen and oxygen atoms in total. The summed E-state index contributed by atoms with van der Waals surface area (Å²) in [7, 11) is 0. The van der Waals surface area contributed by atoms with E-state index in [4.69, 9.17) is 10.4 Å². The Kier molecular flexibility index (Phi) is 3.66. The number of carbonyl (C=O) groups is 2. The van der Waals surface area contributed by atoms with Gasteiger partial charge in [0.25, 0.3) is 0 Å². The fourth-order valence-corrected chi connectivity index (χ4v) is 2.02. The SMILES string of the molecule is N#Cc1ccc2c(c1)NCC(=O)N2CCCC(=O)O. The van der Waals surface area contributed by atoms with Crippen LogP contribution in [0.3, 0.4) is 0 Å². The zero-order chi connectivity index (χ0) is 13.8. The van der Waals surface area contributed by atoms with E-state index in [2.05, 4.69) is 5.32 Å². The first-order valence-electron chi connectivity index (χ1n) is 5.92. The maximum absolute atomic E-state index is 11.8. The van der Waals surface area contributed by atoms with Crippen molar-refractivity contribution in [3.63, 3.8) is 0 Å². The molecular weight excluding hydrogens is 246 g/mol. The highest BCUT2D eigenvalue weighted by atomic mass is 16.4. The third kappa shape index (κ3) is 2.83. The van der Waals surface area contributed by atoms with Crippen LogP contribution in [0.4, 0.5) is 11.4 Å². The molecular formula is C13H13N3O3. The first kappa shape index (κ1) is 12.9. The number of hydrogen-bond donors (Lipinski definition) is 2. The van der Waals surface area contributed by atoms with Crippen LogP contribution in [0.1, 0.15) is 18.4 Å². The van der Waals surface area contributed by atoms with Gasteiger partial charge >= 0.3 is 5.97 Å². The summed E-state index contributed by atoms with van der Waals surface area (Å²) in [6.45, 7) is 0.528. The van der Waals surface area contributed by atoms with Crippen LogP contribution in [0.5, 0.6) is 0 Å². The van der Waals surface area contributed by atoms with E-state index in [0.717, 1.165) is 5.69 Å². The number of carboxylic acid groups (broad SMARTS) is 1. The van der Waals surface area contributed by atoms with Crippen molar-refractivity contribution in [2.75, 3.05) is 23.3 Å². The number of carbonyl (C=O) groups excluding carboxylic acids is 1. The highest BCUT2D eigenvalue weighted by molar-refractivity contribution is 6.02. The van der Waals surface area contributed by atoms with E-state index in [1.165, 1.54) is 0 Å². The van der Waals surface area contributed by atoms with Crippen LogP contribution in [0.15, 0.2) is 18.2 Å². The van der Waals surface area contributed by atoms with Gasteiger partial charge in [-0.3, -0.25) is 9.59 Å². The summed E-state index contributed by atoms with van der Waals surface area (Å²) in [5.74, 6) is -0.967. The molecule has 2 N–H and O–H groups in total. The molecule has 98 valence electrons. The van der Waals surface area contributed by atoms with E-state index in [0.29, 0.717) is 24.2 Å². The van der Waals surface area contributed by atoms with Gasteiger partial charge in [0.1, 0.15) is 0 Å². The number of nitrogens with one attached hydrogen (secondary N) is 1. The number of nitrogens with zero attached hydrogens (tertiary/aromatic N) is 2. The number of benzene rings is 1. The van der Waals surface area contributed by atoms with Gasteiger partial charge in [-0.05, 0) is 24.6 Å². The Morgan fingerprint density at radius 2 is 2.32 bits per heavy atom. The average molecular weight is 259 g/mol.